The fourth-order valence-electron chi connectivity index (χ4n) is 3.23. The van der Waals surface area contributed by atoms with E-state index in [1.54, 1.807) is 30.3 Å². The third-order valence-electron chi connectivity index (χ3n) is 4.40. The van der Waals surface area contributed by atoms with Gasteiger partial charge in [-0.25, -0.2) is 8.42 Å². The first kappa shape index (κ1) is 17.6. The number of benzene rings is 2. The number of sulfone groups is 1. The summed E-state index contributed by atoms with van der Waals surface area (Å²) < 4.78 is 24.2. The molecule has 134 valence electrons. The number of thioether (sulfide) groups is 1. The minimum atomic E-state index is -3.11. The third-order valence-corrected chi connectivity index (χ3v) is 7.93. The van der Waals surface area contributed by atoms with Gasteiger partial charge in [-0.2, -0.15) is 4.99 Å². The Balaban J connectivity index is 1.75. The van der Waals surface area contributed by atoms with E-state index in [9.17, 15) is 13.2 Å². The van der Waals surface area contributed by atoms with Crippen LogP contribution in [0.5, 0.6) is 0 Å². The van der Waals surface area contributed by atoms with Crippen LogP contribution in [-0.2, 0) is 9.84 Å². The molecule has 2 aromatic carbocycles. The van der Waals surface area contributed by atoms with Gasteiger partial charge in [-0.15, -0.1) is 0 Å². The molecule has 1 amide bonds. The standard InChI is InChI=1S/C18H15ClN2O3S2/c19-13-8-4-5-9-14(13)21-15-10-26(23,24)11-16(15)25-18(21)20-17(22)12-6-2-1-3-7-12/h1-9,15-16H,10-11H2. The van der Waals surface area contributed by atoms with Gasteiger partial charge in [-0.3, -0.25) is 4.79 Å². The summed E-state index contributed by atoms with van der Waals surface area (Å²) in [6.07, 6.45) is 0. The highest BCUT2D eigenvalue weighted by molar-refractivity contribution is 8.16. The molecule has 0 radical (unpaired) electrons. The molecule has 2 aliphatic heterocycles. The SMILES string of the molecule is O=C(N=C1SC2CS(=O)(=O)CC2N1c1ccccc1Cl)c1ccccc1. The molecule has 4 rings (SSSR count). The Kier molecular flexibility index (Phi) is 4.54. The van der Waals surface area contributed by atoms with Crippen LogP contribution in [0.25, 0.3) is 0 Å². The number of fused-ring (bicyclic) bond motifs is 1. The number of hydrogen-bond donors (Lipinski definition) is 0. The number of carbonyl (C=O) groups excluding carboxylic acids is 1. The molecule has 2 aromatic rings. The van der Waals surface area contributed by atoms with Gasteiger partial charge in [0.1, 0.15) is 0 Å². The van der Waals surface area contributed by atoms with Gasteiger partial charge in [0.05, 0.1) is 28.3 Å². The zero-order valence-corrected chi connectivity index (χ0v) is 16.0. The predicted molar refractivity (Wildman–Crippen MR) is 106 cm³/mol. The molecular weight excluding hydrogens is 392 g/mol. The van der Waals surface area contributed by atoms with Crippen molar-refractivity contribution < 1.29 is 13.2 Å². The molecule has 0 aromatic heterocycles. The highest BCUT2D eigenvalue weighted by Crippen LogP contribution is 2.43. The van der Waals surface area contributed by atoms with Crippen LogP contribution in [0.15, 0.2) is 59.6 Å². The van der Waals surface area contributed by atoms with Crippen LogP contribution in [-0.4, -0.2) is 42.3 Å². The van der Waals surface area contributed by atoms with Gasteiger partial charge in [-0.05, 0) is 24.3 Å². The minimum absolute atomic E-state index is 0.0361. The Morgan fingerprint density at radius 1 is 1.08 bits per heavy atom. The Morgan fingerprint density at radius 3 is 2.50 bits per heavy atom. The molecule has 26 heavy (non-hydrogen) atoms. The average Bonchev–Trinajstić information content (AvgIpc) is 3.07. The van der Waals surface area contributed by atoms with Crippen molar-refractivity contribution in [3.63, 3.8) is 0 Å². The third kappa shape index (κ3) is 3.26. The van der Waals surface area contributed by atoms with E-state index in [0.717, 1.165) is 0 Å². The number of halogens is 1. The number of amides is 1. The van der Waals surface area contributed by atoms with E-state index >= 15 is 0 Å². The maximum absolute atomic E-state index is 12.5. The predicted octanol–water partition coefficient (Wildman–Crippen LogP) is 3.26. The molecule has 0 spiro atoms. The number of aliphatic imine (C=N–C) groups is 1. The van der Waals surface area contributed by atoms with Gasteiger partial charge in [0.2, 0.25) is 0 Å². The van der Waals surface area contributed by atoms with Crippen LogP contribution in [0.2, 0.25) is 5.02 Å². The van der Waals surface area contributed by atoms with E-state index in [-0.39, 0.29) is 28.7 Å². The van der Waals surface area contributed by atoms with Crippen LogP contribution < -0.4 is 4.90 Å². The van der Waals surface area contributed by atoms with Gasteiger partial charge in [0.25, 0.3) is 5.91 Å². The van der Waals surface area contributed by atoms with Gasteiger partial charge in [0, 0.05) is 10.8 Å². The average molecular weight is 407 g/mol. The van der Waals surface area contributed by atoms with Crippen molar-refractivity contribution in [2.24, 2.45) is 4.99 Å². The summed E-state index contributed by atoms with van der Waals surface area (Å²) in [6.45, 7) is 0. The molecule has 0 N–H and O–H groups in total. The summed E-state index contributed by atoms with van der Waals surface area (Å²) >= 11 is 7.68. The van der Waals surface area contributed by atoms with E-state index in [0.29, 0.717) is 21.4 Å². The van der Waals surface area contributed by atoms with Gasteiger partial charge < -0.3 is 4.90 Å². The maximum Gasteiger partial charge on any atom is 0.279 e. The van der Waals surface area contributed by atoms with Gasteiger partial charge >= 0.3 is 0 Å². The van der Waals surface area contributed by atoms with Crippen molar-refractivity contribution in [1.82, 2.24) is 0 Å². The molecule has 2 saturated heterocycles. The summed E-state index contributed by atoms with van der Waals surface area (Å²) in [7, 11) is -3.11. The highest BCUT2D eigenvalue weighted by Gasteiger charge is 2.49. The lowest BCUT2D eigenvalue weighted by Gasteiger charge is -2.25. The fraction of sp³-hybridized carbons (Fsp3) is 0.222. The Hall–Kier alpha value is -1.83. The first-order valence-electron chi connectivity index (χ1n) is 8.03. The maximum atomic E-state index is 12.5. The summed E-state index contributed by atoms with van der Waals surface area (Å²) in [5, 5.41) is 0.841. The number of rotatable bonds is 2. The van der Waals surface area contributed by atoms with Gasteiger partial charge in [-0.1, -0.05) is 53.7 Å². The zero-order valence-electron chi connectivity index (χ0n) is 13.6. The normalized spacial score (nSPS) is 25.4. The van der Waals surface area contributed by atoms with E-state index in [2.05, 4.69) is 4.99 Å². The number of amidine groups is 1. The first-order valence-corrected chi connectivity index (χ1v) is 11.1. The fourth-order valence-corrected chi connectivity index (χ4v) is 7.36. The molecule has 2 heterocycles. The Morgan fingerprint density at radius 2 is 1.77 bits per heavy atom. The highest BCUT2D eigenvalue weighted by atomic mass is 35.5. The van der Waals surface area contributed by atoms with Crippen molar-refractivity contribution in [2.75, 3.05) is 16.4 Å². The summed E-state index contributed by atoms with van der Waals surface area (Å²) in [4.78, 5) is 18.6. The monoisotopic (exact) mass is 406 g/mol. The van der Waals surface area contributed by atoms with E-state index in [1.807, 2.05) is 29.2 Å². The van der Waals surface area contributed by atoms with Crippen LogP contribution in [0.4, 0.5) is 5.69 Å². The molecule has 2 aliphatic rings. The zero-order chi connectivity index (χ0) is 18.3. The quantitative estimate of drug-likeness (QED) is 0.765. The van der Waals surface area contributed by atoms with E-state index in [1.165, 1.54) is 11.8 Å². The van der Waals surface area contributed by atoms with Crippen LogP contribution in [0, 0.1) is 0 Å². The summed E-state index contributed by atoms with van der Waals surface area (Å²) in [6, 6.07) is 15.7. The van der Waals surface area contributed by atoms with Crippen molar-refractivity contribution >= 4 is 50.0 Å². The topological polar surface area (TPSA) is 66.8 Å². The van der Waals surface area contributed by atoms with E-state index < -0.39 is 9.84 Å². The second-order valence-electron chi connectivity index (χ2n) is 6.19. The molecule has 8 heteroatoms. The lowest BCUT2D eigenvalue weighted by Crippen LogP contribution is -2.37. The van der Waals surface area contributed by atoms with Crippen LogP contribution >= 0.6 is 23.4 Å². The number of para-hydroxylation sites is 1. The minimum Gasteiger partial charge on any atom is -0.314 e. The van der Waals surface area contributed by atoms with Crippen molar-refractivity contribution in [1.29, 1.82) is 0 Å². The van der Waals surface area contributed by atoms with Gasteiger partial charge in [0.15, 0.2) is 15.0 Å². The van der Waals surface area contributed by atoms with E-state index in [4.69, 9.17) is 11.6 Å². The molecular formula is C18H15ClN2O3S2. The molecule has 5 nitrogen and oxygen atoms in total. The van der Waals surface area contributed by atoms with Crippen molar-refractivity contribution in [2.45, 2.75) is 11.3 Å². The molecule has 0 aliphatic carbocycles. The first-order chi connectivity index (χ1) is 12.4. The molecule has 0 saturated carbocycles. The van der Waals surface area contributed by atoms with Crippen molar-refractivity contribution in [3.05, 3.63) is 65.2 Å². The van der Waals surface area contributed by atoms with Crippen LogP contribution in [0.1, 0.15) is 10.4 Å². The number of carbonyl (C=O) groups is 1. The Labute approximate surface area is 161 Å². The molecule has 2 atom stereocenters. The van der Waals surface area contributed by atoms with Crippen molar-refractivity contribution in [3.8, 4) is 0 Å². The number of anilines is 1. The summed E-state index contributed by atoms with van der Waals surface area (Å²) in [5.41, 5.74) is 1.16. The summed E-state index contributed by atoms with van der Waals surface area (Å²) in [5.74, 6) is -0.232. The Bertz CT molecular complexity index is 993. The number of nitrogens with zero attached hydrogens (tertiary/aromatic N) is 2. The second-order valence-corrected chi connectivity index (χ2v) is 9.95. The largest absolute Gasteiger partial charge is 0.314 e. The second kappa shape index (κ2) is 6.72. The molecule has 0 bridgehead atoms. The molecule has 2 fully saturated rings. The lowest BCUT2D eigenvalue weighted by atomic mass is 10.2. The number of hydrogen-bond acceptors (Lipinski definition) is 4. The molecule has 2 unspecified atom stereocenters. The lowest BCUT2D eigenvalue weighted by molar-refractivity contribution is 0.100. The smallest absolute Gasteiger partial charge is 0.279 e. The van der Waals surface area contributed by atoms with Crippen LogP contribution in [0.3, 0.4) is 0 Å².